The minimum Gasteiger partial charge on any atom is -0.457 e. The van der Waals surface area contributed by atoms with Gasteiger partial charge in [0.2, 0.25) is 12.4 Å². The van der Waals surface area contributed by atoms with Crippen molar-refractivity contribution < 1.29 is 28.9 Å². The third-order valence-corrected chi connectivity index (χ3v) is 5.99. The van der Waals surface area contributed by atoms with Crippen molar-refractivity contribution in [3.63, 3.8) is 0 Å². The Morgan fingerprint density at radius 3 is 2.73 bits per heavy atom. The number of carbonyl (C=O) groups is 2. The van der Waals surface area contributed by atoms with Crippen LogP contribution >= 0.6 is 0 Å². The van der Waals surface area contributed by atoms with Crippen LogP contribution < -0.4 is 14.8 Å². The Labute approximate surface area is 172 Å². The summed E-state index contributed by atoms with van der Waals surface area (Å²) in [5.74, 6) is 2.55. The molecular weight excluding hydrogens is 386 g/mol. The Kier molecular flexibility index (Phi) is 4.02. The number of fused-ring (bicyclic) bond motifs is 2. The van der Waals surface area contributed by atoms with Gasteiger partial charge in [0.15, 0.2) is 11.5 Å². The van der Waals surface area contributed by atoms with Crippen LogP contribution in [0.5, 0.6) is 11.5 Å². The number of terminal acetylenes is 1. The summed E-state index contributed by atoms with van der Waals surface area (Å²) in [6.07, 6.45) is 7.31. The molecule has 7 nitrogen and oxygen atoms in total. The molecule has 30 heavy (non-hydrogen) atoms. The Hall–Kier alpha value is -3.50. The summed E-state index contributed by atoms with van der Waals surface area (Å²) in [5.41, 5.74) is 0.177. The highest BCUT2D eigenvalue weighted by Crippen LogP contribution is 2.55. The number of ether oxygens (including phenoxy) is 3. The minimum atomic E-state index is -1.99. The van der Waals surface area contributed by atoms with Gasteiger partial charge in [0.1, 0.15) is 6.61 Å². The number of benzene rings is 2. The summed E-state index contributed by atoms with van der Waals surface area (Å²) in [6.45, 7) is 0.338. The largest absolute Gasteiger partial charge is 0.457 e. The summed E-state index contributed by atoms with van der Waals surface area (Å²) in [5, 5.41) is 13.7. The molecule has 0 spiro atoms. The normalized spacial score (nSPS) is 19.3. The van der Waals surface area contributed by atoms with Crippen molar-refractivity contribution in [2.75, 3.05) is 12.1 Å². The zero-order chi connectivity index (χ0) is 20.9. The monoisotopic (exact) mass is 405 g/mol. The van der Waals surface area contributed by atoms with Gasteiger partial charge in [-0.2, -0.15) is 0 Å². The number of rotatable bonds is 5. The number of aliphatic hydroxyl groups is 1. The van der Waals surface area contributed by atoms with Gasteiger partial charge >= 0.3 is 5.97 Å². The van der Waals surface area contributed by atoms with E-state index >= 15 is 0 Å². The number of hydrogen-bond donors (Lipinski definition) is 2. The molecule has 0 bridgehead atoms. The highest BCUT2D eigenvalue weighted by Gasteiger charge is 2.52. The number of hydrogen-bond acceptors (Lipinski definition) is 6. The first kappa shape index (κ1) is 18.5. The van der Waals surface area contributed by atoms with Crippen LogP contribution in [0, 0.1) is 12.3 Å². The molecule has 2 aromatic rings. The molecule has 3 aliphatic rings. The first-order valence-electron chi connectivity index (χ1n) is 9.64. The van der Waals surface area contributed by atoms with Gasteiger partial charge in [0.05, 0.1) is 5.56 Å². The van der Waals surface area contributed by atoms with Crippen LogP contribution in [-0.2, 0) is 21.6 Å². The fourth-order valence-electron chi connectivity index (χ4n) is 4.08. The third-order valence-electron chi connectivity index (χ3n) is 5.99. The standard InChI is InChI=1S/C23H19NO6/c1-2-23(27,21(26)24-16-4-5-17-14(9-16)11-28-20(17)25)12-22(7-8-22)15-3-6-18-19(10-15)30-13-29-18/h1,3-6,9-10,27H,7-8,11-13H2,(H,24,26). The minimum absolute atomic E-state index is 0.0918. The van der Waals surface area contributed by atoms with E-state index in [1.165, 1.54) is 0 Å². The number of cyclic esters (lactones) is 1. The molecule has 7 heteroatoms. The third kappa shape index (κ3) is 2.97. The predicted molar refractivity (Wildman–Crippen MR) is 106 cm³/mol. The summed E-state index contributed by atoms with van der Waals surface area (Å²) in [7, 11) is 0. The van der Waals surface area contributed by atoms with Gasteiger partial charge in [-0.3, -0.25) is 4.79 Å². The summed E-state index contributed by atoms with van der Waals surface area (Å²) in [6, 6.07) is 10.5. The van der Waals surface area contributed by atoms with Gasteiger partial charge in [-0.1, -0.05) is 12.0 Å². The number of amides is 1. The maximum atomic E-state index is 12.9. The Bertz CT molecular complexity index is 1110. The van der Waals surface area contributed by atoms with Gasteiger partial charge in [-0.15, -0.1) is 6.42 Å². The average molecular weight is 405 g/mol. The van der Waals surface area contributed by atoms with Crippen molar-refractivity contribution >= 4 is 17.6 Å². The zero-order valence-electron chi connectivity index (χ0n) is 16.1. The number of carbonyl (C=O) groups excluding carboxylic acids is 2. The quantitative estimate of drug-likeness (QED) is 0.587. The van der Waals surface area contributed by atoms with Crippen molar-refractivity contribution in [2.24, 2.45) is 0 Å². The molecule has 1 fully saturated rings. The molecule has 2 aliphatic heterocycles. The van der Waals surface area contributed by atoms with Crippen LogP contribution in [-0.4, -0.2) is 29.4 Å². The topological polar surface area (TPSA) is 94.1 Å². The van der Waals surface area contributed by atoms with Crippen molar-refractivity contribution in [2.45, 2.75) is 36.9 Å². The predicted octanol–water partition coefficient (Wildman–Crippen LogP) is 2.51. The van der Waals surface area contributed by atoms with Gasteiger partial charge in [-0.25, -0.2) is 4.79 Å². The molecule has 5 rings (SSSR count). The number of esters is 1. The van der Waals surface area contributed by atoms with E-state index in [2.05, 4.69) is 11.2 Å². The second-order valence-electron chi connectivity index (χ2n) is 7.93. The van der Waals surface area contributed by atoms with Crippen molar-refractivity contribution in [1.82, 2.24) is 0 Å². The average Bonchev–Trinajstić information content (AvgIpc) is 3.20. The van der Waals surface area contributed by atoms with E-state index in [9.17, 15) is 14.7 Å². The fraction of sp³-hybridized carbons (Fsp3) is 0.304. The lowest BCUT2D eigenvalue weighted by atomic mass is 9.82. The smallest absolute Gasteiger partial charge is 0.338 e. The van der Waals surface area contributed by atoms with E-state index in [0.717, 1.165) is 18.4 Å². The van der Waals surface area contributed by atoms with Crippen LogP contribution in [0.4, 0.5) is 5.69 Å². The molecule has 1 unspecified atom stereocenters. The van der Waals surface area contributed by atoms with E-state index in [1.807, 2.05) is 18.2 Å². The highest BCUT2D eigenvalue weighted by atomic mass is 16.7. The number of nitrogens with one attached hydrogen (secondary N) is 1. The molecule has 1 amide bonds. The lowest BCUT2D eigenvalue weighted by molar-refractivity contribution is -0.129. The van der Waals surface area contributed by atoms with Crippen LogP contribution in [0.1, 0.15) is 40.7 Å². The molecule has 0 saturated heterocycles. The van der Waals surface area contributed by atoms with Crippen molar-refractivity contribution in [3.05, 3.63) is 53.1 Å². The second-order valence-corrected chi connectivity index (χ2v) is 7.93. The SMILES string of the molecule is C#CC(O)(CC1(c2ccc3c(c2)OCO3)CC1)C(=O)Nc1ccc2c(c1)COC2=O. The number of anilines is 1. The molecule has 1 saturated carbocycles. The van der Waals surface area contributed by atoms with Crippen LogP contribution in [0.3, 0.4) is 0 Å². The second kappa shape index (κ2) is 6.51. The fourth-order valence-corrected chi connectivity index (χ4v) is 4.08. The molecule has 2 aromatic carbocycles. The summed E-state index contributed by atoms with van der Waals surface area (Å²) < 4.78 is 15.8. The molecular formula is C23H19NO6. The zero-order valence-corrected chi connectivity index (χ0v) is 16.1. The molecule has 1 atom stereocenters. The van der Waals surface area contributed by atoms with Crippen LogP contribution in [0.15, 0.2) is 36.4 Å². The Morgan fingerprint density at radius 2 is 1.97 bits per heavy atom. The van der Waals surface area contributed by atoms with Gasteiger partial charge in [0.25, 0.3) is 5.91 Å². The van der Waals surface area contributed by atoms with Gasteiger partial charge < -0.3 is 24.6 Å². The van der Waals surface area contributed by atoms with Crippen LogP contribution in [0.2, 0.25) is 0 Å². The van der Waals surface area contributed by atoms with E-state index in [1.54, 1.807) is 18.2 Å². The molecule has 0 radical (unpaired) electrons. The molecule has 2 heterocycles. The van der Waals surface area contributed by atoms with Crippen molar-refractivity contribution in [1.29, 1.82) is 0 Å². The molecule has 152 valence electrons. The Morgan fingerprint density at radius 1 is 1.17 bits per heavy atom. The first-order chi connectivity index (χ1) is 14.4. The van der Waals surface area contributed by atoms with Crippen molar-refractivity contribution in [3.8, 4) is 23.8 Å². The Balaban J connectivity index is 1.36. The lowest BCUT2D eigenvalue weighted by Gasteiger charge is -2.27. The molecule has 1 aliphatic carbocycles. The van der Waals surface area contributed by atoms with E-state index in [-0.39, 0.29) is 25.8 Å². The molecule has 2 N–H and O–H groups in total. The van der Waals surface area contributed by atoms with E-state index in [4.69, 9.17) is 20.6 Å². The maximum absolute atomic E-state index is 12.9. The van der Waals surface area contributed by atoms with E-state index < -0.39 is 16.9 Å². The molecule has 0 aromatic heterocycles. The highest BCUT2D eigenvalue weighted by molar-refractivity contribution is 6.00. The van der Waals surface area contributed by atoms with Crippen LogP contribution in [0.25, 0.3) is 0 Å². The van der Waals surface area contributed by atoms with Gasteiger partial charge in [0, 0.05) is 17.7 Å². The summed E-state index contributed by atoms with van der Waals surface area (Å²) in [4.78, 5) is 24.5. The summed E-state index contributed by atoms with van der Waals surface area (Å²) >= 11 is 0. The van der Waals surface area contributed by atoms with E-state index in [0.29, 0.717) is 28.3 Å². The lowest BCUT2D eigenvalue weighted by Crippen LogP contribution is -2.44. The van der Waals surface area contributed by atoms with Gasteiger partial charge in [-0.05, 0) is 54.2 Å². The maximum Gasteiger partial charge on any atom is 0.338 e. The first-order valence-corrected chi connectivity index (χ1v) is 9.64.